The average molecular weight is 476 g/mol. The summed E-state index contributed by atoms with van der Waals surface area (Å²) in [4.78, 5) is 29.0. The number of amides is 1. The Labute approximate surface area is 201 Å². The first-order valence-corrected chi connectivity index (χ1v) is 12.0. The summed E-state index contributed by atoms with van der Waals surface area (Å²) in [6.45, 7) is 8.12. The smallest absolute Gasteiger partial charge is 0.297 e. The van der Waals surface area contributed by atoms with Gasteiger partial charge in [0.15, 0.2) is 5.43 Å². The molecule has 1 unspecified atom stereocenters. The van der Waals surface area contributed by atoms with Crippen LogP contribution in [0.4, 0.5) is 5.13 Å². The third-order valence-corrected chi connectivity index (χ3v) is 7.11. The van der Waals surface area contributed by atoms with Crippen LogP contribution in [-0.2, 0) is 6.42 Å². The molecule has 2 aromatic carbocycles. The Bertz CT molecular complexity index is 1470. The van der Waals surface area contributed by atoms with Crippen LogP contribution in [0.3, 0.4) is 0 Å². The molecular weight excluding hydrogens is 450 g/mol. The molecule has 4 aromatic rings. The van der Waals surface area contributed by atoms with Gasteiger partial charge in [0.2, 0.25) is 10.9 Å². The van der Waals surface area contributed by atoms with Crippen molar-refractivity contribution in [2.75, 3.05) is 12.0 Å². The molecule has 0 N–H and O–H groups in total. The standard InChI is InChI=1S/C26H25N3O4S/c1-13(2)10-20-27-28-26(34-20)29-22(16-6-8-17(32-5)9-7-16)21-23(30)18-11-14(3)15(4)12-19(18)33-24(21)25(29)31/h6-9,11-13,22H,10H2,1-5H3. The minimum absolute atomic E-state index is 0.0576. The molecule has 7 nitrogen and oxygen atoms in total. The molecule has 8 heteroatoms. The SMILES string of the molecule is COc1ccc(C2c3c(oc4cc(C)c(C)cc4c3=O)C(=O)N2c2nnc(CC(C)C)s2)cc1. The summed E-state index contributed by atoms with van der Waals surface area (Å²) in [5, 5.41) is 10.4. The third-order valence-electron chi connectivity index (χ3n) is 6.16. The summed E-state index contributed by atoms with van der Waals surface area (Å²) in [5.41, 5.74) is 3.28. The van der Waals surface area contributed by atoms with E-state index in [4.69, 9.17) is 9.15 Å². The van der Waals surface area contributed by atoms with Crippen LogP contribution < -0.4 is 15.1 Å². The monoisotopic (exact) mass is 475 g/mol. The fourth-order valence-electron chi connectivity index (χ4n) is 4.30. The Morgan fingerprint density at radius 1 is 1.09 bits per heavy atom. The quantitative estimate of drug-likeness (QED) is 0.393. The lowest BCUT2D eigenvalue weighted by atomic mass is 9.97. The summed E-state index contributed by atoms with van der Waals surface area (Å²) in [6, 6.07) is 10.3. The van der Waals surface area contributed by atoms with Crippen molar-refractivity contribution >= 4 is 33.3 Å². The lowest BCUT2D eigenvalue weighted by molar-refractivity contribution is 0.0970. The highest BCUT2D eigenvalue weighted by molar-refractivity contribution is 7.15. The maximum atomic E-state index is 13.8. The molecule has 0 saturated carbocycles. The number of hydrogen-bond acceptors (Lipinski definition) is 7. The molecule has 1 aliphatic rings. The summed E-state index contributed by atoms with van der Waals surface area (Å²) in [5.74, 6) is 0.763. The first-order valence-electron chi connectivity index (χ1n) is 11.2. The Kier molecular flexibility index (Phi) is 5.48. The molecular formula is C26H25N3O4S. The van der Waals surface area contributed by atoms with Gasteiger partial charge in [0, 0.05) is 6.42 Å². The maximum Gasteiger partial charge on any atom is 0.297 e. The van der Waals surface area contributed by atoms with E-state index in [-0.39, 0.29) is 17.1 Å². The molecule has 2 aromatic heterocycles. The molecule has 1 amide bonds. The van der Waals surface area contributed by atoms with Gasteiger partial charge in [-0.25, -0.2) is 0 Å². The Morgan fingerprint density at radius 3 is 2.47 bits per heavy atom. The van der Waals surface area contributed by atoms with Gasteiger partial charge >= 0.3 is 0 Å². The van der Waals surface area contributed by atoms with Gasteiger partial charge in [0.1, 0.15) is 16.3 Å². The van der Waals surface area contributed by atoms with Gasteiger partial charge in [-0.3, -0.25) is 14.5 Å². The van der Waals surface area contributed by atoms with Crippen molar-refractivity contribution in [2.24, 2.45) is 5.92 Å². The second-order valence-corrected chi connectivity index (χ2v) is 10.1. The normalized spacial score (nSPS) is 15.4. The van der Waals surface area contributed by atoms with E-state index in [9.17, 15) is 9.59 Å². The number of hydrogen-bond donors (Lipinski definition) is 0. The van der Waals surface area contributed by atoms with Crippen LogP contribution in [0.2, 0.25) is 0 Å². The van der Waals surface area contributed by atoms with Crippen molar-refractivity contribution in [3.63, 3.8) is 0 Å². The van der Waals surface area contributed by atoms with Gasteiger partial charge < -0.3 is 9.15 Å². The topological polar surface area (TPSA) is 85.5 Å². The molecule has 3 heterocycles. The number of ether oxygens (including phenoxy) is 1. The van der Waals surface area contributed by atoms with E-state index in [0.717, 1.165) is 28.1 Å². The molecule has 1 atom stereocenters. The highest BCUT2D eigenvalue weighted by Gasteiger charge is 2.45. The van der Waals surface area contributed by atoms with Crippen molar-refractivity contribution in [3.8, 4) is 5.75 Å². The number of carbonyl (C=O) groups excluding carboxylic acids is 1. The second-order valence-electron chi connectivity index (χ2n) is 9.03. The number of aryl methyl sites for hydroxylation is 2. The van der Waals surface area contributed by atoms with Gasteiger partial charge in [-0.2, -0.15) is 0 Å². The number of aromatic nitrogens is 2. The van der Waals surface area contributed by atoms with Gasteiger partial charge in [-0.15, -0.1) is 10.2 Å². The van der Waals surface area contributed by atoms with E-state index < -0.39 is 6.04 Å². The van der Waals surface area contributed by atoms with Crippen molar-refractivity contribution in [1.82, 2.24) is 10.2 Å². The zero-order valence-corrected chi connectivity index (χ0v) is 20.5. The average Bonchev–Trinajstić information content (AvgIpc) is 3.37. The predicted molar refractivity (Wildman–Crippen MR) is 132 cm³/mol. The molecule has 0 saturated heterocycles. The van der Waals surface area contributed by atoms with Crippen LogP contribution in [0.5, 0.6) is 5.75 Å². The molecule has 0 bridgehead atoms. The fraction of sp³-hybridized carbons (Fsp3) is 0.308. The van der Waals surface area contributed by atoms with E-state index >= 15 is 0 Å². The fourth-order valence-corrected chi connectivity index (χ4v) is 5.38. The molecule has 0 radical (unpaired) electrons. The largest absolute Gasteiger partial charge is 0.497 e. The number of methoxy groups -OCH3 is 1. The van der Waals surface area contributed by atoms with Gasteiger partial charge in [-0.05, 0) is 60.7 Å². The lowest BCUT2D eigenvalue weighted by Gasteiger charge is -2.22. The van der Waals surface area contributed by atoms with Gasteiger partial charge in [-0.1, -0.05) is 37.3 Å². The molecule has 174 valence electrons. The molecule has 0 fully saturated rings. The first kappa shape index (κ1) is 22.3. The van der Waals surface area contributed by atoms with E-state index in [1.165, 1.54) is 16.2 Å². The highest BCUT2D eigenvalue weighted by atomic mass is 32.1. The lowest BCUT2D eigenvalue weighted by Crippen LogP contribution is -2.29. The van der Waals surface area contributed by atoms with Crippen LogP contribution in [-0.4, -0.2) is 23.2 Å². The number of benzene rings is 2. The molecule has 5 rings (SSSR count). The predicted octanol–water partition coefficient (Wildman–Crippen LogP) is 5.22. The summed E-state index contributed by atoms with van der Waals surface area (Å²) in [6.07, 6.45) is 0.763. The van der Waals surface area contributed by atoms with Crippen molar-refractivity contribution in [3.05, 3.63) is 79.6 Å². The van der Waals surface area contributed by atoms with Crippen LogP contribution in [0, 0.1) is 19.8 Å². The Hall–Kier alpha value is -3.52. The van der Waals surface area contributed by atoms with Gasteiger partial charge in [0.25, 0.3) is 5.91 Å². The van der Waals surface area contributed by atoms with E-state index in [2.05, 4.69) is 24.0 Å². The maximum absolute atomic E-state index is 13.8. The zero-order chi connectivity index (χ0) is 24.1. The van der Waals surface area contributed by atoms with Crippen molar-refractivity contribution in [1.29, 1.82) is 0 Å². The molecule has 1 aliphatic heterocycles. The number of rotatable bonds is 5. The van der Waals surface area contributed by atoms with Crippen LogP contribution in [0.25, 0.3) is 11.0 Å². The minimum atomic E-state index is -0.671. The number of carbonyl (C=O) groups is 1. The van der Waals surface area contributed by atoms with Crippen LogP contribution in [0.1, 0.15) is 57.7 Å². The number of nitrogens with zero attached hydrogens (tertiary/aromatic N) is 3. The Morgan fingerprint density at radius 2 is 1.79 bits per heavy atom. The summed E-state index contributed by atoms with van der Waals surface area (Å²) >= 11 is 1.37. The number of fused-ring (bicyclic) bond motifs is 2. The first-order chi connectivity index (χ1) is 16.3. The number of anilines is 1. The zero-order valence-electron chi connectivity index (χ0n) is 19.7. The second kappa shape index (κ2) is 8.36. The summed E-state index contributed by atoms with van der Waals surface area (Å²) in [7, 11) is 1.60. The molecule has 34 heavy (non-hydrogen) atoms. The Balaban J connectivity index is 1.74. The van der Waals surface area contributed by atoms with E-state index in [1.54, 1.807) is 7.11 Å². The molecule has 0 aliphatic carbocycles. The molecule has 0 spiro atoms. The van der Waals surface area contributed by atoms with Gasteiger partial charge in [0.05, 0.1) is 24.1 Å². The van der Waals surface area contributed by atoms with E-state index in [0.29, 0.717) is 33.3 Å². The summed E-state index contributed by atoms with van der Waals surface area (Å²) < 4.78 is 11.4. The van der Waals surface area contributed by atoms with Crippen molar-refractivity contribution in [2.45, 2.75) is 40.2 Å². The van der Waals surface area contributed by atoms with E-state index in [1.807, 2.05) is 50.2 Å². The van der Waals surface area contributed by atoms with Crippen molar-refractivity contribution < 1.29 is 13.9 Å². The van der Waals surface area contributed by atoms with Crippen LogP contribution >= 0.6 is 11.3 Å². The third kappa shape index (κ3) is 3.58. The van der Waals surface area contributed by atoms with Crippen LogP contribution in [0.15, 0.2) is 45.6 Å². The minimum Gasteiger partial charge on any atom is -0.497 e. The highest BCUT2D eigenvalue weighted by Crippen LogP contribution is 2.42.